The predicted molar refractivity (Wildman–Crippen MR) is 81.7 cm³/mol. The van der Waals surface area contributed by atoms with Crippen molar-refractivity contribution in [3.05, 3.63) is 60.4 Å². The van der Waals surface area contributed by atoms with Crippen molar-refractivity contribution in [2.45, 2.75) is 6.92 Å². The number of rotatable bonds is 3. The Balaban J connectivity index is 2.03. The Bertz CT molecular complexity index is 791. The number of para-hydroxylation sites is 1. The molecule has 1 aromatic heterocycles. The number of hydrogen-bond acceptors (Lipinski definition) is 3. The average molecular weight is 281 g/mol. The Labute approximate surface area is 122 Å². The van der Waals surface area contributed by atoms with Gasteiger partial charge in [-0.3, -0.25) is 4.79 Å². The molecule has 0 atom stereocenters. The van der Waals surface area contributed by atoms with E-state index >= 15 is 0 Å². The van der Waals surface area contributed by atoms with Crippen molar-refractivity contribution >= 4 is 22.6 Å². The van der Waals surface area contributed by atoms with Gasteiger partial charge in [-0.25, -0.2) is 0 Å². The number of hydrogen-bond donors (Lipinski definition) is 1. The van der Waals surface area contributed by atoms with Gasteiger partial charge >= 0.3 is 0 Å². The molecule has 1 heterocycles. The maximum Gasteiger partial charge on any atom is 0.262 e. The fourth-order valence-electron chi connectivity index (χ4n) is 2.39. The van der Waals surface area contributed by atoms with Crippen LogP contribution in [0.4, 0.5) is 5.69 Å². The standard InChI is InChI=1S/C17H15NO3/c1-2-18(12-6-5-7-13(19)10-12)17(20)15-11-21-16-9-4-3-8-14(15)16/h3-11,19H,2H2,1H3. The summed E-state index contributed by atoms with van der Waals surface area (Å²) >= 11 is 0. The van der Waals surface area contributed by atoms with Gasteiger partial charge in [0.1, 0.15) is 17.6 Å². The molecular weight excluding hydrogens is 266 g/mol. The SMILES string of the molecule is CCN(C(=O)c1coc2ccccc12)c1cccc(O)c1. The molecule has 3 rings (SSSR count). The van der Waals surface area contributed by atoms with Crippen molar-refractivity contribution in [3.63, 3.8) is 0 Å². The number of carbonyl (C=O) groups excluding carboxylic acids is 1. The summed E-state index contributed by atoms with van der Waals surface area (Å²) in [5.41, 5.74) is 1.87. The molecule has 0 aliphatic rings. The van der Waals surface area contributed by atoms with Gasteiger partial charge in [-0.1, -0.05) is 24.3 Å². The Kier molecular flexibility index (Phi) is 3.36. The third-order valence-electron chi connectivity index (χ3n) is 3.41. The molecule has 21 heavy (non-hydrogen) atoms. The van der Waals surface area contributed by atoms with Gasteiger partial charge in [0.15, 0.2) is 0 Å². The van der Waals surface area contributed by atoms with Gasteiger partial charge < -0.3 is 14.4 Å². The lowest BCUT2D eigenvalue weighted by molar-refractivity contribution is 0.0989. The van der Waals surface area contributed by atoms with Crippen LogP contribution in [-0.2, 0) is 0 Å². The summed E-state index contributed by atoms with van der Waals surface area (Å²) in [6.45, 7) is 2.39. The number of phenols is 1. The summed E-state index contributed by atoms with van der Waals surface area (Å²) in [6.07, 6.45) is 1.48. The molecule has 4 heteroatoms. The Morgan fingerprint density at radius 3 is 2.76 bits per heavy atom. The topological polar surface area (TPSA) is 53.7 Å². The summed E-state index contributed by atoms with van der Waals surface area (Å²) in [5.74, 6) is -0.0103. The zero-order chi connectivity index (χ0) is 14.8. The van der Waals surface area contributed by atoms with Crippen molar-refractivity contribution in [2.24, 2.45) is 0 Å². The molecule has 106 valence electrons. The van der Waals surface area contributed by atoms with Gasteiger partial charge in [-0.15, -0.1) is 0 Å². The van der Waals surface area contributed by atoms with Crippen LogP contribution in [0.2, 0.25) is 0 Å². The minimum atomic E-state index is -0.145. The molecule has 0 aliphatic heterocycles. The Morgan fingerprint density at radius 2 is 2.00 bits per heavy atom. The van der Waals surface area contributed by atoms with Crippen LogP contribution in [0, 0.1) is 0 Å². The average Bonchev–Trinajstić information content (AvgIpc) is 2.92. The number of furan rings is 1. The van der Waals surface area contributed by atoms with E-state index in [0.717, 1.165) is 5.39 Å². The zero-order valence-electron chi connectivity index (χ0n) is 11.6. The summed E-state index contributed by atoms with van der Waals surface area (Å²) in [6, 6.07) is 14.1. The van der Waals surface area contributed by atoms with Crippen LogP contribution in [0.5, 0.6) is 5.75 Å². The van der Waals surface area contributed by atoms with Crippen LogP contribution in [0.15, 0.2) is 59.2 Å². The smallest absolute Gasteiger partial charge is 0.262 e. The second-order valence-electron chi connectivity index (χ2n) is 4.71. The molecule has 0 saturated carbocycles. The zero-order valence-corrected chi connectivity index (χ0v) is 11.6. The summed E-state index contributed by atoms with van der Waals surface area (Å²) < 4.78 is 5.43. The van der Waals surface area contributed by atoms with E-state index in [0.29, 0.717) is 23.4 Å². The fourth-order valence-corrected chi connectivity index (χ4v) is 2.39. The first-order valence-electron chi connectivity index (χ1n) is 6.78. The van der Waals surface area contributed by atoms with E-state index in [4.69, 9.17) is 4.42 Å². The largest absolute Gasteiger partial charge is 0.508 e. The van der Waals surface area contributed by atoms with Gasteiger partial charge in [-0.05, 0) is 25.1 Å². The van der Waals surface area contributed by atoms with E-state index in [1.807, 2.05) is 31.2 Å². The molecule has 0 spiro atoms. The maximum atomic E-state index is 12.7. The van der Waals surface area contributed by atoms with E-state index in [9.17, 15) is 9.90 Å². The highest BCUT2D eigenvalue weighted by molar-refractivity contribution is 6.13. The van der Waals surface area contributed by atoms with Gasteiger partial charge in [0.05, 0.1) is 5.56 Å². The number of benzene rings is 2. The van der Waals surface area contributed by atoms with Crippen LogP contribution in [-0.4, -0.2) is 17.6 Å². The van der Waals surface area contributed by atoms with Crippen LogP contribution in [0.1, 0.15) is 17.3 Å². The van der Waals surface area contributed by atoms with E-state index in [2.05, 4.69) is 0 Å². The van der Waals surface area contributed by atoms with Crippen molar-refractivity contribution in [3.8, 4) is 5.75 Å². The Hall–Kier alpha value is -2.75. The van der Waals surface area contributed by atoms with Crippen LogP contribution in [0.3, 0.4) is 0 Å². The number of nitrogens with zero attached hydrogens (tertiary/aromatic N) is 1. The molecular formula is C17H15NO3. The molecule has 0 fully saturated rings. The third-order valence-corrected chi connectivity index (χ3v) is 3.41. The molecule has 4 nitrogen and oxygen atoms in total. The Morgan fingerprint density at radius 1 is 1.19 bits per heavy atom. The van der Waals surface area contributed by atoms with Crippen molar-refractivity contribution < 1.29 is 14.3 Å². The first-order valence-corrected chi connectivity index (χ1v) is 6.78. The van der Waals surface area contributed by atoms with Gasteiger partial charge in [0.25, 0.3) is 5.91 Å². The van der Waals surface area contributed by atoms with Crippen molar-refractivity contribution in [1.29, 1.82) is 0 Å². The molecule has 2 aromatic carbocycles. The minimum Gasteiger partial charge on any atom is -0.508 e. The van der Waals surface area contributed by atoms with Crippen molar-refractivity contribution in [2.75, 3.05) is 11.4 Å². The second kappa shape index (κ2) is 5.32. The molecule has 0 saturated heterocycles. The normalized spacial score (nSPS) is 10.7. The predicted octanol–water partition coefficient (Wildman–Crippen LogP) is 3.81. The lowest BCUT2D eigenvalue weighted by atomic mass is 10.1. The lowest BCUT2D eigenvalue weighted by Gasteiger charge is -2.20. The number of phenolic OH excluding ortho intramolecular Hbond substituents is 1. The van der Waals surface area contributed by atoms with Crippen LogP contribution >= 0.6 is 0 Å². The van der Waals surface area contributed by atoms with Crippen LogP contribution in [0.25, 0.3) is 11.0 Å². The highest BCUT2D eigenvalue weighted by atomic mass is 16.3. The molecule has 1 amide bonds. The second-order valence-corrected chi connectivity index (χ2v) is 4.71. The summed E-state index contributed by atoms with van der Waals surface area (Å²) in [7, 11) is 0. The van der Waals surface area contributed by atoms with Gasteiger partial charge in [0.2, 0.25) is 0 Å². The van der Waals surface area contributed by atoms with Gasteiger partial charge in [-0.2, -0.15) is 0 Å². The van der Waals surface area contributed by atoms with Crippen LogP contribution < -0.4 is 4.90 Å². The quantitative estimate of drug-likeness (QED) is 0.794. The lowest BCUT2D eigenvalue weighted by Crippen LogP contribution is -2.30. The van der Waals surface area contributed by atoms with E-state index < -0.39 is 0 Å². The highest BCUT2D eigenvalue weighted by Crippen LogP contribution is 2.26. The van der Waals surface area contributed by atoms with Crippen molar-refractivity contribution in [1.82, 2.24) is 0 Å². The summed E-state index contributed by atoms with van der Waals surface area (Å²) in [5, 5.41) is 10.4. The molecule has 0 unspecified atom stereocenters. The summed E-state index contributed by atoms with van der Waals surface area (Å²) in [4.78, 5) is 14.4. The first-order chi connectivity index (χ1) is 10.2. The third kappa shape index (κ3) is 2.36. The molecule has 0 bridgehead atoms. The monoisotopic (exact) mass is 281 g/mol. The highest BCUT2D eigenvalue weighted by Gasteiger charge is 2.20. The fraction of sp³-hybridized carbons (Fsp3) is 0.118. The molecule has 1 N–H and O–H groups in total. The van der Waals surface area contributed by atoms with E-state index in [-0.39, 0.29) is 11.7 Å². The molecule has 3 aromatic rings. The molecule has 0 aliphatic carbocycles. The number of anilines is 1. The number of amides is 1. The van der Waals surface area contributed by atoms with Gasteiger partial charge in [0, 0.05) is 23.7 Å². The number of fused-ring (bicyclic) bond motifs is 1. The first kappa shape index (κ1) is 13.2. The maximum absolute atomic E-state index is 12.7. The number of aromatic hydroxyl groups is 1. The number of carbonyl (C=O) groups is 1. The minimum absolute atomic E-state index is 0.135. The van der Waals surface area contributed by atoms with E-state index in [1.165, 1.54) is 6.26 Å². The van der Waals surface area contributed by atoms with E-state index in [1.54, 1.807) is 29.2 Å². The molecule has 0 radical (unpaired) electrons.